The van der Waals surface area contributed by atoms with Crippen molar-refractivity contribution in [1.29, 1.82) is 0 Å². The quantitative estimate of drug-likeness (QED) is 0.701. The minimum Gasteiger partial charge on any atom is -0.479 e. The third-order valence-electron chi connectivity index (χ3n) is 7.54. The lowest BCUT2D eigenvalue weighted by atomic mass is 9.98. The Bertz CT molecular complexity index is 1060. The Hall–Kier alpha value is -3.35. The lowest BCUT2D eigenvalue weighted by Crippen LogP contribution is -2.47. The van der Waals surface area contributed by atoms with Gasteiger partial charge in [-0.05, 0) is 54.4 Å². The van der Waals surface area contributed by atoms with Crippen LogP contribution in [0.3, 0.4) is 0 Å². The van der Waals surface area contributed by atoms with Gasteiger partial charge in [0.25, 0.3) is 0 Å². The van der Waals surface area contributed by atoms with Crippen molar-refractivity contribution in [1.82, 2.24) is 10.2 Å². The van der Waals surface area contributed by atoms with Gasteiger partial charge in [0.15, 0.2) is 0 Å². The topological polar surface area (TPSA) is 95.9 Å². The summed E-state index contributed by atoms with van der Waals surface area (Å²) in [6.07, 6.45) is 2.33. The van der Waals surface area contributed by atoms with E-state index in [4.69, 9.17) is 4.74 Å². The molecule has 0 radical (unpaired) electrons. The summed E-state index contributed by atoms with van der Waals surface area (Å²) in [5.74, 6) is -1.36. The molecule has 33 heavy (non-hydrogen) atoms. The number of carbonyl (C=O) groups is 3. The molecule has 0 spiro atoms. The highest BCUT2D eigenvalue weighted by Crippen LogP contribution is 2.45. The van der Waals surface area contributed by atoms with Crippen LogP contribution in [0.5, 0.6) is 0 Å². The molecule has 0 aromatic heterocycles. The minimum absolute atomic E-state index is 0.000420. The molecule has 0 bridgehead atoms. The van der Waals surface area contributed by atoms with E-state index in [2.05, 4.69) is 29.6 Å². The fourth-order valence-electron chi connectivity index (χ4n) is 5.44. The number of ether oxygens (including phenoxy) is 1. The molecule has 2 atom stereocenters. The van der Waals surface area contributed by atoms with Crippen molar-refractivity contribution in [2.45, 2.75) is 49.6 Å². The van der Waals surface area contributed by atoms with Crippen molar-refractivity contribution in [3.63, 3.8) is 0 Å². The maximum absolute atomic E-state index is 12.8. The molecule has 2 N–H and O–H groups in total. The lowest BCUT2D eigenvalue weighted by molar-refractivity contribution is -0.152. The molecule has 0 heterocycles. The van der Waals surface area contributed by atoms with Crippen molar-refractivity contribution in [3.05, 3.63) is 59.7 Å². The molecule has 0 aliphatic heterocycles. The Balaban J connectivity index is 1.16. The minimum atomic E-state index is -1.03. The largest absolute Gasteiger partial charge is 0.479 e. The van der Waals surface area contributed by atoms with Crippen LogP contribution in [0.2, 0.25) is 0 Å². The summed E-state index contributed by atoms with van der Waals surface area (Å²) < 4.78 is 5.62. The van der Waals surface area contributed by atoms with E-state index in [1.165, 1.54) is 16.0 Å². The van der Waals surface area contributed by atoms with Crippen LogP contribution in [0.15, 0.2) is 48.5 Å². The normalized spacial score (nSPS) is 22.2. The average molecular weight is 449 g/mol. The SMILES string of the molecule is CN(C(=O)[C@@H]1CC[C@H](NC(=O)OCC2c3ccccc3-c3ccccc32)C1)C1(C(=O)O)CC1. The summed E-state index contributed by atoms with van der Waals surface area (Å²) in [6, 6.07) is 16.2. The standard InChI is InChI=1S/C26H28N2O5/c1-28(26(12-13-26)24(30)31)23(29)16-10-11-17(14-16)27-25(32)33-15-22-20-8-4-2-6-18(20)19-7-3-5-9-21(19)22/h2-9,16-17,22H,10-15H2,1H3,(H,27,32)(H,30,31)/t16-,17+/m1/s1. The first-order valence-electron chi connectivity index (χ1n) is 11.5. The Morgan fingerprint density at radius 3 is 2.21 bits per heavy atom. The number of carbonyl (C=O) groups excluding carboxylic acids is 2. The van der Waals surface area contributed by atoms with Gasteiger partial charge in [-0.15, -0.1) is 0 Å². The van der Waals surface area contributed by atoms with Crippen LogP contribution in [-0.2, 0) is 14.3 Å². The second-order valence-corrected chi connectivity index (χ2v) is 9.41. The van der Waals surface area contributed by atoms with Crippen LogP contribution in [0, 0.1) is 5.92 Å². The second-order valence-electron chi connectivity index (χ2n) is 9.41. The Morgan fingerprint density at radius 1 is 1.03 bits per heavy atom. The molecular formula is C26H28N2O5. The highest BCUT2D eigenvalue weighted by Gasteiger charge is 2.56. The average Bonchev–Trinajstić information content (AvgIpc) is 3.41. The Morgan fingerprint density at radius 2 is 1.64 bits per heavy atom. The molecule has 2 aromatic rings. The van der Waals surface area contributed by atoms with Crippen LogP contribution in [-0.4, -0.2) is 53.2 Å². The molecule has 3 aliphatic rings. The lowest BCUT2D eigenvalue weighted by Gasteiger charge is -2.27. The highest BCUT2D eigenvalue weighted by atomic mass is 16.5. The molecule has 0 unspecified atom stereocenters. The predicted molar refractivity (Wildman–Crippen MR) is 122 cm³/mol. The maximum atomic E-state index is 12.8. The molecule has 7 nitrogen and oxygen atoms in total. The fraction of sp³-hybridized carbons (Fsp3) is 0.423. The van der Waals surface area contributed by atoms with E-state index >= 15 is 0 Å². The number of fused-ring (bicyclic) bond motifs is 3. The van der Waals surface area contributed by atoms with Gasteiger partial charge in [0.2, 0.25) is 5.91 Å². The van der Waals surface area contributed by atoms with E-state index in [-0.39, 0.29) is 30.4 Å². The third-order valence-corrected chi connectivity index (χ3v) is 7.54. The zero-order valence-corrected chi connectivity index (χ0v) is 18.6. The summed E-state index contributed by atoms with van der Waals surface area (Å²) in [4.78, 5) is 38.3. The van der Waals surface area contributed by atoms with E-state index in [0.717, 1.165) is 11.1 Å². The summed E-state index contributed by atoms with van der Waals surface area (Å²) in [5, 5.41) is 12.3. The van der Waals surface area contributed by atoms with Gasteiger partial charge in [-0.1, -0.05) is 48.5 Å². The Kier molecular flexibility index (Phi) is 5.35. The number of hydrogen-bond donors (Lipinski definition) is 2. The zero-order valence-electron chi connectivity index (χ0n) is 18.6. The van der Waals surface area contributed by atoms with Crippen LogP contribution < -0.4 is 5.32 Å². The number of benzene rings is 2. The zero-order chi connectivity index (χ0) is 23.2. The van der Waals surface area contributed by atoms with Crippen molar-refractivity contribution in [3.8, 4) is 11.1 Å². The number of hydrogen-bond acceptors (Lipinski definition) is 4. The van der Waals surface area contributed by atoms with Crippen LogP contribution in [0.1, 0.15) is 49.1 Å². The van der Waals surface area contributed by atoms with Gasteiger partial charge < -0.3 is 20.1 Å². The molecule has 2 saturated carbocycles. The number of amides is 2. The summed E-state index contributed by atoms with van der Waals surface area (Å²) in [5.41, 5.74) is 3.65. The number of carboxylic acid groups (broad SMARTS) is 1. The molecule has 2 aromatic carbocycles. The van der Waals surface area contributed by atoms with Crippen LogP contribution in [0.25, 0.3) is 11.1 Å². The number of alkyl carbamates (subject to hydrolysis) is 1. The third kappa shape index (κ3) is 3.75. The Labute approximate surface area is 192 Å². The number of rotatable bonds is 6. The fourth-order valence-corrected chi connectivity index (χ4v) is 5.44. The molecule has 172 valence electrons. The van der Waals surface area contributed by atoms with Crippen LogP contribution >= 0.6 is 0 Å². The number of nitrogens with zero attached hydrogens (tertiary/aromatic N) is 1. The van der Waals surface area contributed by atoms with Gasteiger partial charge >= 0.3 is 12.1 Å². The molecule has 7 heteroatoms. The van der Waals surface area contributed by atoms with E-state index in [9.17, 15) is 19.5 Å². The van der Waals surface area contributed by atoms with E-state index < -0.39 is 17.6 Å². The first-order valence-corrected chi connectivity index (χ1v) is 11.5. The van der Waals surface area contributed by atoms with Crippen LogP contribution in [0.4, 0.5) is 4.79 Å². The number of nitrogens with one attached hydrogen (secondary N) is 1. The van der Waals surface area contributed by atoms with Crippen molar-refractivity contribution in [2.75, 3.05) is 13.7 Å². The first kappa shape index (κ1) is 21.5. The summed E-state index contributed by atoms with van der Waals surface area (Å²) >= 11 is 0. The second kappa shape index (κ2) is 8.21. The molecule has 2 fully saturated rings. The maximum Gasteiger partial charge on any atom is 0.407 e. The molecule has 2 amide bonds. The van der Waals surface area contributed by atoms with Gasteiger partial charge in [-0.3, -0.25) is 4.79 Å². The molecule has 3 aliphatic carbocycles. The smallest absolute Gasteiger partial charge is 0.407 e. The highest BCUT2D eigenvalue weighted by molar-refractivity contribution is 5.90. The van der Waals surface area contributed by atoms with Crippen molar-refractivity contribution < 1.29 is 24.2 Å². The van der Waals surface area contributed by atoms with Crippen molar-refractivity contribution in [2.24, 2.45) is 5.92 Å². The molecule has 5 rings (SSSR count). The molecule has 0 saturated heterocycles. The number of aliphatic carboxylic acids is 1. The number of carboxylic acids is 1. The van der Waals surface area contributed by atoms with Gasteiger partial charge in [-0.25, -0.2) is 9.59 Å². The summed E-state index contributed by atoms with van der Waals surface area (Å²) in [6.45, 7) is 0.249. The summed E-state index contributed by atoms with van der Waals surface area (Å²) in [7, 11) is 1.58. The first-order chi connectivity index (χ1) is 15.9. The van der Waals surface area contributed by atoms with Crippen molar-refractivity contribution >= 4 is 18.0 Å². The van der Waals surface area contributed by atoms with Gasteiger partial charge in [0.1, 0.15) is 12.1 Å². The van der Waals surface area contributed by atoms with Gasteiger partial charge in [0, 0.05) is 24.9 Å². The number of likely N-dealkylation sites (N-methyl/N-ethyl adjacent to an activating group) is 1. The van der Waals surface area contributed by atoms with Gasteiger partial charge in [0.05, 0.1) is 0 Å². The van der Waals surface area contributed by atoms with Gasteiger partial charge in [-0.2, -0.15) is 0 Å². The van der Waals surface area contributed by atoms with E-state index in [1.54, 1.807) is 7.05 Å². The van der Waals surface area contributed by atoms with E-state index in [1.807, 2.05) is 24.3 Å². The predicted octanol–water partition coefficient (Wildman–Crippen LogP) is 3.77. The van der Waals surface area contributed by atoms with E-state index in [0.29, 0.717) is 32.1 Å². The monoisotopic (exact) mass is 448 g/mol. The molecular weight excluding hydrogens is 420 g/mol.